The van der Waals surface area contributed by atoms with E-state index in [1.165, 1.54) is 0 Å². The van der Waals surface area contributed by atoms with Gasteiger partial charge < -0.3 is 4.90 Å². The topological polar surface area (TPSA) is 16.1 Å². The number of thioether (sulfide) groups is 1. The molecule has 1 rings (SSSR count). The van der Waals surface area contributed by atoms with Gasteiger partial charge in [-0.3, -0.25) is 0 Å². The zero-order valence-corrected chi connectivity index (χ0v) is 9.47. The van der Waals surface area contributed by atoms with Gasteiger partial charge in [-0.25, -0.2) is 4.98 Å². The average molecular weight is 223 g/mol. The summed E-state index contributed by atoms with van der Waals surface area (Å²) >= 11 is 9.12. The summed E-state index contributed by atoms with van der Waals surface area (Å²) in [7, 11) is 2.03. The number of anilines is 1. The minimum Gasteiger partial charge on any atom is -0.350 e. The van der Waals surface area contributed by atoms with Gasteiger partial charge in [-0.15, -0.1) is 11.3 Å². The molecule has 0 saturated carbocycles. The number of rotatable bonds is 4. The van der Waals surface area contributed by atoms with Crippen molar-refractivity contribution in [3.8, 4) is 0 Å². The smallest absolute Gasteiger partial charge is 0.186 e. The number of thiazole rings is 1. The summed E-state index contributed by atoms with van der Waals surface area (Å²) in [5, 5.41) is 3.44. The highest BCUT2D eigenvalue weighted by molar-refractivity contribution is 7.98. The van der Waals surface area contributed by atoms with E-state index < -0.39 is 0 Å². The number of aromatic nitrogens is 1. The van der Waals surface area contributed by atoms with E-state index in [-0.39, 0.29) is 0 Å². The predicted molar refractivity (Wildman–Crippen MR) is 58.8 cm³/mol. The summed E-state index contributed by atoms with van der Waals surface area (Å²) in [5.41, 5.74) is 0. The normalized spacial score (nSPS) is 10.2. The molecule has 0 amide bonds. The van der Waals surface area contributed by atoms with Crippen LogP contribution < -0.4 is 4.90 Å². The molecule has 5 heteroatoms. The maximum atomic E-state index is 5.71. The highest BCUT2D eigenvalue weighted by Crippen LogP contribution is 2.21. The number of halogens is 1. The Morgan fingerprint density at radius 1 is 1.75 bits per heavy atom. The van der Waals surface area contributed by atoms with Crippen molar-refractivity contribution in [1.29, 1.82) is 0 Å². The highest BCUT2D eigenvalue weighted by atomic mass is 35.5. The number of hydrogen-bond donors (Lipinski definition) is 0. The molecule has 1 heterocycles. The molecule has 0 aromatic carbocycles. The maximum absolute atomic E-state index is 5.71. The van der Waals surface area contributed by atoms with E-state index in [1.54, 1.807) is 11.3 Å². The quantitative estimate of drug-likeness (QED) is 0.779. The standard InChI is InChI=1S/C7H11ClN2S2/c1-10(3-4-11-2)7-9-6(8)5-12-7/h5H,3-4H2,1-2H3. The molecule has 0 radical (unpaired) electrons. The average Bonchev–Trinajstić information content (AvgIpc) is 2.47. The molecular weight excluding hydrogens is 212 g/mol. The Morgan fingerprint density at radius 2 is 2.50 bits per heavy atom. The molecule has 0 unspecified atom stereocenters. The molecule has 1 aromatic heterocycles. The van der Waals surface area contributed by atoms with Gasteiger partial charge in [-0.05, 0) is 6.26 Å². The van der Waals surface area contributed by atoms with Crippen molar-refractivity contribution >= 4 is 39.8 Å². The second kappa shape index (κ2) is 4.94. The lowest BCUT2D eigenvalue weighted by atomic mass is 10.7. The summed E-state index contributed by atoms with van der Waals surface area (Å²) in [6, 6.07) is 0. The lowest BCUT2D eigenvalue weighted by molar-refractivity contribution is 0.967. The van der Waals surface area contributed by atoms with Crippen molar-refractivity contribution < 1.29 is 0 Å². The van der Waals surface area contributed by atoms with E-state index in [4.69, 9.17) is 11.6 Å². The summed E-state index contributed by atoms with van der Waals surface area (Å²) in [5.74, 6) is 1.12. The maximum Gasteiger partial charge on any atom is 0.186 e. The Hall–Kier alpha value is 0.0700. The predicted octanol–water partition coefficient (Wildman–Crippen LogP) is 2.60. The molecule has 2 nitrogen and oxygen atoms in total. The van der Waals surface area contributed by atoms with Gasteiger partial charge in [-0.1, -0.05) is 11.6 Å². The highest BCUT2D eigenvalue weighted by Gasteiger charge is 2.04. The van der Waals surface area contributed by atoms with Crippen LogP contribution in [0.2, 0.25) is 5.15 Å². The molecule has 0 fully saturated rings. The summed E-state index contributed by atoms with van der Waals surface area (Å²) in [6.07, 6.45) is 2.10. The second-order valence-corrected chi connectivity index (χ2v) is 4.58. The zero-order chi connectivity index (χ0) is 8.97. The molecule has 0 aliphatic heterocycles. The molecule has 0 N–H and O–H groups in total. The van der Waals surface area contributed by atoms with E-state index in [0.717, 1.165) is 17.4 Å². The van der Waals surface area contributed by atoms with Crippen LogP contribution >= 0.6 is 34.7 Å². The molecule has 1 aromatic rings. The van der Waals surface area contributed by atoms with E-state index in [2.05, 4.69) is 16.1 Å². The Balaban J connectivity index is 2.47. The third kappa shape index (κ3) is 2.84. The largest absolute Gasteiger partial charge is 0.350 e. The Morgan fingerprint density at radius 3 is 3.00 bits per heavy atom. The third-order valence-corrected chi connectivity index (χ3v) is 3.29. The summed E-state index contributed by atoms with van der Waals surface area (Å²) in [6.45, 7) is 1.02. The molecule has 0 aliphatic carbocycles. The first-order valence-corrected chi connectivity index (χ1v) is 6.20. The van der Waals surface area contributed by atoms with Crippen molar-refractivity contribution in [3.63, 3.8) is 0 Å². The number of hydrogen-bond acceptors (Lipinski definition) is 4. The van der Waals surface area contributed by atoms with Crippen molar-refractivity contribution in [2.75, 3.05) is 30.5 Å². The van der Waals surface area contributed by atoms with Crippen LogP contribution in [0.4, 0.5) is 5.13 Å². The minimum absolute atomic E-state index is 0.589. The van der Waals surface area contributed by atoms with Crippen molar-refractivity contribution in [3.05, 3.63) is 10.5 Å². The Labute approximate surface area is 85.9 Å². The van der Waals surface area contributed by atoms with Gasteiger partial charge in [0.1, 0.15) is 5.15 Å². The van der Waals surface area contributed by atoms with Crippen LogP contribution in [0.3, 0.4) is 0 Å². The Kier molecular flexibility index (Phi) is 4.18. The molecule has 0 aliphatic rings. The van der Waals surface area contributed by atoms with Crippen molar-refractivity contribution in [2.24, 2.45) is 0 Å². The molecule has 0 saturated heterocycles. The van der Waals surface area contributed by atoms with Gasteiger partial charge in [0.2, 0.25) is 0 Å². The fourth-order valence-electron chi connectivity index (χ4n) is 0.745. The van der Waals surface area contributed by atoms with Crippen LogP contribution in [-0.4, -0.2) is 30.6 Å². The molecule has 12 heavy (non-hydrogen) atoms. The third-order valence-electron chi connectivity index (χ3n) is 1.42. The fraction of sp³-hybridized carbons (Fsp3) is 0.571. The van der Waals surface area contributed by atoms with Crippen LogP contribution in [0, 0.1) is 0 Å². The van der Waals surface area contributed by atoms with Crippen molar-refractivity contribution in [2.45, 2.75) is 0 Å². The zero-order valence-electron chi connectivity index (χ0n) is 7.08. The SMILES string of the molecule is CSCCN(C)c1nc(Cl)cs1. The van der Waals surface area contributed by atoms with E-state index in [1.807, 2.05) is 24.2 Å². The van der Waals surface area contributed by atoms with Gasteiger partial charge in [0.25, 0.3) is 0 Å². The lowest BCUT2D eigenvalue weighted by Crippen LogP contribution is -2.19. The molecule has 68 valence electrons. The van der Waals surface area contributed by atoms with Crippen LogP contribution in [0.15, 0.2) is 5.38 Å². The van der Waals surface area contributed by atoms with E-state index in [9.17, 15) is 0 Å². The summed E-state index contributed by atoms with van der Waals surface area (Å²) in [4.78, 5) is 6.28. The van der Waals surface area contributed by atoms with E-state index in [0.29, 0.717) is 5.15 Å². The monoisotopic (exact) mass is 222 g/mol. The van der Waals surface area contributed by atoms with Gasteiger partial charge >= 0.3 is 0 Å². The van der Waals surface area contributed by atoms with Gasteiger partial charge in [0.05, 0.1) is 0 Å². The lowest BCUT2D eigenvalue weighted by Gasteiger charge is -2.13. The van der Waals surface area contributed by atoms with Crippen molar-refractivity contribution in [1.82, 2.24) is 4.98 Å². The second-order valence-electron chi connectivity index (χ2n) is 2.37. The van der Waals surface area contributed by atoms with Crippen LogP contribution in [0.25, 0.3) is 0 Å². The number of nitrogens with zero attached hydrogens (tertiary/aromatic N) is 2. The first-order chi connectivity index (χ1) is 5.74. The molecule has 0 bridgehead atoms. The minimum atomic E-state index is 0.589. The van der Waals surface area contributed by atoms with Gasteiger partial charge in [-0.2, -0.15) is 11.8 Å². The van der Waals surface area contributed by atoms with Crippen LogP contribution in [0.5, 0.6) is 0 Å². The Bertz CT molecular complexity index is 239. The first-order valence-electron chi connectivity index (χ1n) is 3.55. The van der Waals surface area contributed by atoms with Gasteiger partial charge in [0.15, 0.2) is 5.13 Å². The van der Waals surface area contributed by atoms with Crippen LogP contribution in [0.1, 0.15) is 0 Å². The summed E-state index contributed by atoms with van der Waals surface area (Å²) < 4.78 is 0. The first kappa shape index (κ1) is 10.2. The molecule has 0 spiro atoms. The van der Waals surface area contributed by atoms with E-state index >= 15 is 0 Å². The molecule has 0 atom stereocenters. The fourth-order valence-corrected chi connectivity index (χ4v) is 2.14. The molecular formula is C7H11ClN2S2. The van der Waals surface area contributed by atoms with Gasteiger partial charge in [0, 0.05) is 24.7 Å². The van der Waals surface area contributed by atoms with Crippen LogP contribution in [-0.2, 0) is 0 Å².